The van der Waals surface area contributed by atoms with Crippen LogP contribution in [0.15, 0.2) is 18.7 Å². The molecule has 2 rings (SSSR count). The van der Waals surface area contributed by atoms with Crippen LogP contribution < -0.4 is 5.32 Å². The first kappa shape index (κ1) is 11.5. The number of hydrogen-bond donors (Lipinski definition) is 2. The third-order valence-corrected chi connectivity index (χ3v) is 3.20. The van der Waals surface area contributed by atoms with Gasteiger partial charge in [-0.15, -0.1) is 0 Å². The lowest BCUT2D eigenvalue weighted by Gasteiger charge is -2.04. The predicted molar refractivity (Wildman–Crippen MR) is 59.1 cm³/mol. The summed E-state index contributed by atoms with van der Waals surface area (Å²) in [5.74, 6) is -2.34. The van der Waals surface area contributed by atoms with Crippen molar-refractivity contribution in [2.24, 2.45) is 17.3 Å². The molecule has 0 spiro atoms. The highest BCUT2D eigenvalue weighted by Crippen LogP contribution is 2.58. The van der Waals surface area contributed by atoms with Gasteiger partial charge in [-0.25, -0.2) is 9.97 Å². The van der Waals surface area contributed by atoms with Gasteiger partial charge in [-0.2, -0.15) is 0 Å². The monoisotopic (exact) mass is 235 g/mol. The van der Waals surface area contributed by atoms with Gasteiger partial charge in [-0.3, -0.25) is 9.59 Å². The molecule has 1 aromatic rings. The highest BCUT2D eigenvalue weighted by Gasteiger charge is 2.65. The highest BCUT2D eigenvalue weighted by atomic mass is 16.4. The lowest BCUT2D eigenvalue weighted by atomic mass is 10.1. The Hall–Kier alpha value is -1.98. The molecule has 2 unspecified atom stereocenters. The van der Waals surface area contributed by atoms with Crippen molar-refractivity contribution in [2.45, 2.75) is 13.8 Å². The standard InChI is InChI=1S/C11H13N3O3/c1-11(2)7(8(11)10(16)17)9(15)14-6-3-12-5-13-4-6/h3-5,7-8H,1-2H3,(H,14,15)(H,16,17). The number of rotatable bonds is 3. The Morgan fingerprint density at radius 1 is 1.29 bits per heavy atom. The third kappa shape index (κ3) is 1.98. The zero-order valence-electron chi connectivity index (χ0n) is 9.54. The average molecular weight is 235 g/mol. The summed E-state index contributed by atoms with van der Waals surface area (Å²) in [4.78, 5) is 30.3. The Balaban J connectivity index is 2.06. The molecule has 1 aliphatic carbocycles. The summed E-state index contributed by atoms with van der Waals surface area (Å²) in [6, 6.07) is 0. The predicted octanol–water partition coefficient (Wildman–Crippen LogP) is 0.772. The van der Waals surface area contributed by atoms with Crippen LogP contribution in [0.1, 0.15) is 13.8 Å². The van der Waals surface area contributed by atoms with Crippen molar-refractivity contribution in [2.75, 3.05) is 5.32 Å². The summed E-state index contributed by atoms with van der Waals surface area (Å²) in [6.07, 6.45) is 4.29. The van der Waals surface area contributed by atoms with Crippen LogP contribution >= 0.6 is 0 Å². The minimum atomic E-state index is -0.931. The third-order valence-electron chi connectivity index (χ3n) is 3.20. The van der Waals surface area contributed by atoms with Gasteiger partial charge in [0.15, 0.2) is 0 Å². The number of carbonyl (C=O) groups is 2. The highest BCUT2D eigenvalue weighted by molar-refractivity contribution is 5.99. The molecule has 0 aromatic carbocycles. The molecule has 6 nitrogen and oxygen atoms in total. The summed E-state index contributed by atoms with van der Waals surface area (Å²) in [7, 11) is 0. The molecule has 1 fully saturated rings. The number of amides is 1. The summed E-state index contributed by atoms with van der Waals surface area (Å²) in [6.45, 7) is 3.55. The molecule has 0 saturated heterocycles. The van der Waals surface area contributed by atoms with Gasteiger partial charge in [-0.1, -0.05) is 13.8 Å². The van der Waals surface area contributed by atoms with E-state index in [9.17, 15) is 9.59 Å². The number of nitrogens with zero attached hydrogens (tertiary/aromatic N) is 2. The van der Waals surface area contributed by atoms with Crippen molar-refractivity contribution >= 4 is 17.6 Å². The van der Waals surface area contributed by atoms with Crippen molar-refractivity contribution in [1.82, 2.24) is 9.97 Å². The van der Waals surface area contributed by atoms with Gasteiger partial charge in [0, 0.05) is 0 Å². The van der Waals surface area contributed by atoms with Gasteiger partial charge in [0.05, 0.1) is 29.9 Å². The van der Waals surface area contributed by atoms with Crippen LogP contribution in [0.3, 0.4) is 0 Å². The number of anilines is 1. The molecule has 0 radical (unpaired) electrons. The number of carbonyl (C=O) groups excluding carboxylic acids is 1. The second kappa shape index (κ2) is 3.80. The fraction of sp³-hybridized carbons (Fsp3) is 0.455. The van der Waals surface area contributed by atoms with Gasteiger partial charge in [0.25, 0.3) is 0 Å². The Labute approximate surface area is 98.1 Å². The van der Waals surface area contributed by atoms with Crippen molar-refractivity contribution in [1.29, 1.82) is 0 Å². The topological polar surface area (TPSA) is 92.2 Å². The SMILES string of the molecule is CC1(C)C(C(=O)O)C1C(=O)Nc1cncnc1. The number of aliphatic carboxylic acids is 1. The van der Waals surface area contributed by atoms with Gasteiger partial charge in [0.2, 0.25) is 5.91 Å². The fourth-order valence-electron chi connectivity index (χ4n) is 2.17. The first-order valence-electron chi connectivity index (χ1n) is 5.23. The number of nitrogens with one attached hydrogen (secondary N) is 1. The van der Waals surface area contributed by atoms with Crippen LogP contribution in [0, 0.1) is 17.3 Å². The lowest BCUT2D eigenvalue weighted by molar-refractivity contribution is -0.140. The molecule has 0 bridgehead atoms. The minimum Gasteiger partial charge on any atom is -0.481 e. The van der Waals surface area contributed by atoms with E-state index in [-0.39, 0.29) is 5.91 Å². The molecule has 1 saturated carbocycles. The van der Waals surface area contributed by atoms with Gasteiger partial charge >= 0.3 is 5.97 Å². The number of carboxylic acids is 1. The molecular formula is C11H13N3O3. The molecule has 1 amide bonds. The van der Waals surface area contributed by atoms with Crippen LogP contribution in [0.5, 0.6) is 0 Å². The maximum absolute atomic E-state index is 11.9. The molecule has 0 aliphatic heterocycles. The first-order chi connectivity index (χ1) is 7.94. The molecule has 1 aliphatic rings. The molecule has 6 heteroatoms. The quantitative estimate of drug-likeness (QED) is 0.807. The minimum absolute atomic E-state index is 0.294. The Morgan fingerprint density at radius 2 is 1.88 bits per heavy atom. The van der Waals surface area contributed by atoms with Crippen molar-refractivity contribution in [3.63, 3.8) is 0 Å². The molecule has 2 atom stereocenters. The molecule has 1 heterocycles. The first-order valence-corrected chi connectivity index (χ1v) is 5.23. The summed E-state index contributed by atoms with van der Waals surface area (Å²) >= 11 is 0. The van der Waals surface area contributed by atoms with Crippen LogP contribution in [-0.4, -0.2) is 27.0 Å². The van der Waals surface area contributed by atoms with E-state index >= 15 is 0 Å². The van der Waals surface area contributed by atoms with E-state index in [0.717, 1.165) is 0 Å². The summed E-state index contributed by atoms with van der Waals surface area (Å²) in [5, 5.41) is 11.6. The van der Waals surface area contributed by atoms with E-state index < -0.39 is 23.2 Å². The van der Waals surface area contributed by atoms with Crippen LogP contribution in [-0.2, 0) is 9.59 Å². The van der Waals surface area contributed by atoms with Gasteiger partial charge < -0.3 is 10.4 Å². The Bertz CT molecular complexity index is 458. The lowest BCUT2D eigenvalue weighted by Crippen LogP contribution is -2.17. The number of hydrogen-bond acceptors (Lipinski definition) is 4. The van der Waals surface area contributed by atoms with E-state index in [1.807, 2.05) is 0 Å². The zero-order chi connectivity index (χ0) is 12.6. The van der Waals surface area contributed by atoms with Gasteiger partial charge in [-0.05, 0) is 5.41 Å². The molecule has 90 valence electrons. The van der Waals surface area contributed by atoms with Crippen LogP contribution in [0.2, 0.25) is 0 Å². The smallest absolute Gasteiger partial charge is 0.307 e. The fourth-order valence-corrected chi connectivity index (χ4v) is 2.17. The molecule has 2 N–H and O–H groups in total. The molecular weight excluding hydrogens is 222 g/mol. The van der Waals surface area contributed by atoms with Crippen molar-refractivity contribution < 1.29 is 14.7 Å². The number of carboxylic acid groups (broad SMARTS) is 1. The van der Waals surface area contributed by atoms with E-state index in [2.05, 4.69) is 15.3 Å². The van der Waals surface area contributed by atoms with E-state index in [4.69, 9.17) is 5.11 Å². The molecule has 1 aromatic heterocycles. The Kier molecular flexibility index (Phi) is 2.57. The summed E-state index contributed by atoms with van der Waals surface area (Å²) < 4.78 is 0. The maximum atomic E-state index is 11.9. The van der Waals surface area contributed by atoms with E-state index in [0.29, 0.717) is 5.69 Å². The molecule has 17 heavy (non-hydrogen) atoms. The summed E-state index contributed by atoms with van der Waals surface area (Å²) in [5.41, 5.74) is -0.0183. The van der Waals surface area contributed by atoms with Crippen LogP contribution in [0.4, 0.5) is 5.69 Å². The normalized spacial score (nSPS) is 25.1. The van der Waals surface area contributed by atoms with Crippen molar-refractivity contribution in [3.05, 3.63) is 18.7 Å². The second-order valence-electron chi connectivity index (χ2n) is 4.73. The largest absolute Gasteiger partial charge is 0.481 e. The van der Waals surface area contributed by atoms with E-state index in [1.165, 1.54) is 18.7 Å². The van der Waals surface area contributed by atoms with Gasteiger partial charge in [0.1, 0.15) is 6.33 Å². The maximum Gasteiger partial charge on any atom is 0.307 e. The Morgan fingerprint density at radius 3 is 2.35 bits per heavy atom. The zero-order valence-corrected chi connectivity index (χ0v) is 9.54. The van der Waals surface area contributed by atoms with E-state index in [1.54, 1.807) is 13.8 Å². The second-order valence-corrected chi connectivity index (χ2v) is 4.73. The number of aromatic nitrogens is 2. The van der Waals surface area contributed by atoms with Crippen molar-refractivity contribution in [3.8, 4) is 0 Å². The van der Waals surface area contributed by atoms with Crippen LogP contribution in [0.25, 0.3) is 0 Å². The average Bonchev–Trinajstić information content (AvgIpc) is 2.83.